The SMILES string of the molecule is N#Cc1ccc(NC(=O)c2ccnc(O[C@@H]3CCOC3)c2)cc1Cl. The highest BCUT2D eigenvalue weighted by molar-refractivity contribution is 6.32. The van der Waals surface area contributed by atoms with E-state index in [0.717, 1.165) is 6.42 Å². The van der Waals surface area contributed by atoms with Crippen molar-refractivity contribution in [2.45, 2.75) is 12.5 Å². The first-order valence-electron chi connectivity index (χ1n) is 7.37. The predicted molar refractivity (Wildman–Crippen MR) is 88.2 cm³/mol. The van der Waals surface area contributed by atoms with E-state index >= 15 is 0 Å². The quantitative estimate of drug-likeness (QED) is 0.922. The van der Waals surface area contributed by atoms with Crippen LogP contribution in [0, 0.1) is 11.3 Å². The summed E-state index contributed by atoms with van der Waals surface area (Å²) in [6, 6.07) is 9.86. The molecule has 0 radical (unpaired) electrons. The van der Waals surface area contributed by atoms with Crippen molar-refractivity contribution in [3.63, 3.8) is 0 Å². The minimum absolute atomic E-state index is 0.0341. The lowest BCUT2D eigenvalue weighted by atomic mass is 10.2. The molecule has 0 aliphatic carbocycles. The molecule has 2 heterocycles. The molecular weight excluding hydrogens is 330 g/mol. The van der Waals surface area contributed by atoms with Crippen molar-refractivity contribution in [3.05, 3.63) is 52.7 Å². The molecule has 1 aromatic heterocycles. The lowest BCUT2D eigenvalue weighted by molar-refractivity contribution is 0.102. The van der Waals surface area contributed by atoms with E-state index in [1.54, 1.807) is 24.3 Å². The Morgan fingerprint density at radius 2 is 2.29 bits per heavy atom. The third-order valence-corrected chi connectivity index (χ3v) is 3.83. The highest BCUT2D eigenvalue weighted by Gasteiger charge is 2.18. The maximum Gasteiger partial charge on any atom is 0.255 e. The van der Waals surface area contributed by atoms with Crippen LogP contribution in [0.25, 0.3) is 0 Å². The Bertz CT molecular complexity index is 798. The summed E-state index contributed by atoms with van der Waals surface area (Å²) in [6.45, 7) is 1.20. The average Bonchev–Trinajstić information content (AvgIpc) is 3.08. The second kappa shape index (κ2) is 7.30. The van der Waals surface area contributed by atoms with Crippen LogP contribution in [-0.4, -0.2) is 30.2 Å². The average molecular weight is 344 g/mol. The molecule has 24 heavy (non-hydrogen) atoms. The Labute approximate surface area is 144 Å². The van der Waals surface area contributed by atoms with E-state index in [9.17, 15) is 4.79 Å². The number of carbonyl (C=O) groups is 1. The first-order chi connectivity index (χ1) is 11.7. The second-order valence-corrected chi connectivity index (χ2v) is 5.65. The number of carbonyl (C=O) groups excluding carboxylic acids is 1. The zero-order valence-corrected chi connectivity index (χ0v) is 13.4. The van der Waals surface area contributed by atoms with Gasteiger partial charge in [0.25, 0.3) is 5.91 Å². The third-order valence-electron chi connectivity index (χ3n) is 3.52. The number of halogens is 1. The van der Waals surface area contributed by atoms with Gasteiger partial charge in [-0.1, -0.05) is 11.6 Å². The molecule has 1 fully saturated rings. The minimum atomic E-state index is -0.314. The van der Waals surface area contributed by atoms with Gasteiger partial charge < -0.3 is 14.8 Å². The van der Waals surface area contributed by atoms with Crippen LogP contribution in [0.4, 0.5) is 5.69 Å². The third kappa shape index (κ3) is 3.82. The van der Waals surface area contributed by atoms with Crippen LogP contribution in [0.5, 0.6) is 5.88 Å². The molecule has 0 unspecified atom stereocenters. The van der Waals surface area contributed by atoms with Crippen molar-refractivity contribution in [3.8, 4) is 11.9 Å². The topological polar surface area (TPSA) is 84.2 Å². The molecule has 1 aromatic carbocycles. The van der Waals surface area contributed by atoms with Crippen LogP contribution in [0.15, 0.2) is 36.5 Å². The van der Waals surface area contributed by atoms with Gasteiger partial charge in [0.05, 0.1) is 23.8 Å². The van der Waals surface area contributed by atoms with Gasteiger partial charge in [0.2, 0.25) is 5.88 Å². The molecule has 1 N–H and O–H groups in total. The lowest BCUT2D eigenvalue weighted by Gasteiger charge is -2.11. The molecule has 3 rings (SSSR count). The molecular formula is C17H14ClN3O3. The molecule has 0 saturated carbocycles. The fraction of sp³-hybridized carbons (Fsp3) is 0.235. The highest BCUT2D eigenvalue weighted by atomic mass is 35.5. The number of anilines is 1. The number of nitrogens with one attached hydrogen (secondary N) is 1. The molecule has 0 bridgehead atoms. The number of ether oxygens (including phenoxy) is 2. The zero-order valence-electron chi connectivity index (χ0n) is 12.7. The van der Waals surface area contributed by atoms with Gasteiger partial charge in [0.1, 0.15) is 12.2 Å². The first-order valence-corrected chi connectivity index (χ1v) is 7.75. The number of pyridine rings is 1. The van der Waals surface area contributed by atoms with Crippen molar-refractivity contribution in [1.82, 2.24) is 4.98 Å². The first kappa shape index (κ1) is 16.2. The van der Waals surface area contributed by atoms with Crippen LogP contribution in [0.2, 0.25) is 5.02 Å². The zero-order chi connectivity index (χ0) is 16.9. The van der Waals surface area contributed by atoms with Gasteiger partial charge in [-0.15, -0.1) is 0 Å². The van der Waals surface area contributed by atoms with E-state index in [4.69, 9.17) is 26.3 Å². The Morgan fingerprint density at radius 1 is 1.42 bits per heavy atom. The maximum atomic E-state index is 12.3. The Balaban J connectivity index is 1.70. The van der Waals surface area contributed by atoms with E-state index in [-0.39, 0.29) is 17.0 Å². The van der Waals surface area contributed by atoms with Gasteiger partial charge >= 0.3 is 0 Å². The highest BCUT2D eigenvalue weighted by Crippen LogP contribution is 2.21. The largest absolute Gasteiger partial charge is 0.472 e. The number of aromatic nitrogens is 1. The van der Waals surface area contributed by atoms with E-state index in [0.29, 0.717) is 35.9 Å². The monoisotopic (exact) mass is 343 g/mol. The maximum absolute atomic E-state index is 12.3. The summed E-state index contributed by atoms with van der Waals surface area (Å²) >= 11 is 5.96. The van der Waals surface area contributed by atoms with Crippen LogP contribution < -0.4 is 10.1 Å². The summed E-state index contributed by atoms with van der Waals surface area (Å²) in [4.78, 5) is 16.5. The molecule has 1 amide bonds. The second-order valence-electron chi connectivity index (χ2n) is 5.25. The molecule has 1 atom stereocenters. The van der Waals surface area contributed by atoms with Crippen LogP contribution in [0.3, 0.4) is 0 Å². The Hall–Kier alpha value is -2.62. The summed E-state index contributed by atoms with van der Waals surface area (Å²) in [7, 11) is 0. The van der Waals surface area contributed by atoms with Gasteiger partial charge in [0, 0.05) is 29.9 Å². The fourth-order valence-electron chi connectivity index (χ4n) is 2.28. The lowest BCUT2D eigenvalue weighted by Crippen LogP contribution is -2.17. The summed E-state index contributed by atoms with van der Waals surface area (Å²) in [5, 5.41) is 11.9. The van der Waals surface area contributed by atoms with Crippen LogP contribution in [-0.2, 0) is 4.74 Å². The molecule has 1 aliphatic heterocycles. The van der Waals surface area contributed by atoms with Crippen molar-refractivity contribution in [2.24, 2.45) is 0 Å². The number of hydrogen-bond acceptors (Lipinski definition) is 5. The van der Waals surface area contributed by atoms with Gasteiger partial charge in [-0.05, 0) is 24.3 Å². The van der Waals surface area contributed by atoms with Gasteiger partial charge in [-0.3, -0.25) is 4.79 Å². The smallest absolute Gasteiger partial charge is 0.255 e. The van der Waals surface area contributed by atoms with E-state index in [2.05, 4.69) is 10.3 Å². The number of amides is 1. The Morgan fingerprint density at radius 3 is 3.00 bits per heavy atom. The number of rotatable bonds is 4. The summed E-state index contributed by atoms with van der Waals surface area (Å²) in [6.07, 6.45) is 2.29. The number of nitrogens with zero attached hydrogens (tertiary/aromatic N) is 2. The number of benzene rings is 1. The molecule has 122 valence electrons. The van der Waals surface area contributed by atoms with E-state index in [1.165, 1.54) is 12.3 Å². The van der Waals surface area contributed by atoms with E-state index in [1.807, 2.05) is 6.07 Å². The van der Waals surface area contributed by atoms with Gasteiger partial charge in [-0.2, -0.15) is 5.26 Å². The molecule has 6 nitrogen and oxygen atoms in total. The summed E-state index contributed by atoms with van der Waals surface area (Å²) < 4.78 is 10.9. The summed E-state index contributed by atoms with van der Waals surface area (Å²) in [5.41, 5.74) is 1.28. The molecule has 1 saturated heterocycles. The van der Waals surface area contributed by atoms with Gasteiger partial charge in [0.15, 0.2) is 0 Å². The van der Waals surface area contributed by atoms with Crippen molar-refractivity contribution < 1.29 is 14.3 Å². The van der Waals surface area contributed by atoms with E-state index < -0.39 is 0 Å². The molecule has 2 aromatic rings. The van der Waals surface area contributed by atoms with Crippen molar-refractivity contribution in [2.75, 3.05) is 18.5 Å². The molecule has 1 aliphatic rings. The Kier molecular flexibility index (Phi) is 4.94. The van der Waals surface area contributed by atoms with Gasteiger partial charge in [-0.25, -0.2) is 4.98 Å². The fourth-order valence-corrected chi connectivity index (χ4v) is 2.50. The van der Waals surface area contributed by atoms with Crippen LogP contribution in [0.1, 0.15) is 22.3 Å². The minimum Gasteiger partial charge on any atom is -0.472 e. The number of nitriles is 1. The molecule has 7 heteroatoms. The summed E-state index contributed by atoms with van der Waals surface area (Å²) in [5.74, 6) is 0.0710. The van der Waals surface area contributed by atoms with Crippen LogP contribution >= 0.6 is 11.6 Å². The predicted octanol–water partition coefficient (Wildman–Crippen LogP) is 3.03. The normalized spacial score (nSPS) is 16.4. The van der Waals surface area contributed by atoms with Crippen molar-refractivity contribution in [1.29, 1.82) is 5.26 Å². The standard InChI is InChI=1S/C17H14ClN3O3/c18-15-8-13(2-1-12(15)9-19)21-17(22)11-3-5-20-16(7-11)24-14-4-6-23-10-14/h1-3,5,7-8,14H,4,6,10H2,(H,21,22)/t14-/m1/s1. The van der Waals surface area contributed by atoms with Crippen molar-refractivity contribution >= 4 is 23.2 Å². The molecule has 0 spiro atoms. The number of hydrogen-bond donors (Lipinski definition) is 1.